The predicted octanol–water partition coefficient (Wildman–Crippen LogP) is 5.33. The van der Waals surface area contributed by atoms with Gasteiger partial charge in [0, 0.05) is 23.1 Å². The van der Waals surface area contributed by atoms with Crippen LogP contribution in [0.2, 0.25) is 5.02 Å². The largest absolute Gasteiger partial charge is 0.454 e. The third kappa shape index (κ3) is 5.73. The molecule has 6 nitrogen and oxygen atoms in total. The molecule has 0 spiro atoms. The van der Waals surface area contributed by atoms with Crippen molar-refractivity contribution in [3.05, 3.63) is 58.6 Å². The number of piperidine rings is 1. The van der Waals surface area contributed by atoms with Crippen molar-refractivity contribution in [2.45, 2.75) is 58.0 Å². The van der Waals surface area contributed by atoms with Crippen LogP contribution in [0.25, 0.3) is 0 Å². The summed E-state index contributed by atoms with van der Waals surface area (Å²) in [5.41, 5.74) is 5.89. The Kier molecular flexibility index (Phi) is 7.16. The number of nitriles is 1. The van der Waals surface area contributed by atoms with E-state index in [0.29, 0.717) is 34.1 Å². The molecule has 0 aliphatic carbocycles. The summed E-state index contributed by atoms with van der Waals surface area (Å²) in [6.07, 6.45) is 1.97. The van der Waals surface area contributed by atoms with Crippen molar-refractivity contribution in [3.8, 4) is 17.6 Å². The summed E-state index contributed by atoms with van der Waals surface area (Å²) in [5, 5.41) is 9.55. The lowest BCUT2D eigenvalue weighted by atomic mass is 9.71. The zero-order chi connectivity index (χ0) is 24.4. The second-order valence-corrected chi connectivity index (χ2v) is 10.3. The molecule has 7 heteroatoms. The quantitative estimate of drug-likeness (QED) is 0.555. The number of ketones is 1. The van der Waals surface area contributed by atoms with E-state index in [1.165, 1.54) is 0 Å². The van der Waals surface area contributed by atoms with Crippen molar-refractivity contribution in [1.82, 2.24) is 4.90 Å². The molecule has 33 heavy (non-hydrogen) atoms. The van der Waals surface area contributed by atoms with Crippen LogP contribution in [0.4, 0.5) is 0 Å². The summed E-state index contributed by atoms with van der Waals surface area (Å²) in [7, 11) is 0. The lowest BCUT2D eigenvalue weighted by Gasteiger charge is -2.55. The van der Waals surface area contributed by atoms with Gasteiger partial charge in [0.1, 0.15) is 17.6 Å². The van der Waals surface area contributed by atoms with Crippen LogP contribution in [0, 0.1) is 17.2 Å². The van der Waals surface area contributed by atoms with Gasteiger partial charge in [0.15, 0.2) is 5.78 Å². The highest BCUT2D eigenvalue weighted by Gasteiger charge is 2.45. The maximum atomic E-state index is 13.1. The minimum atomic E-state index is -0.347. The number of nitrogens with two attached hydrogens (primary N) is 1. The number of ether oxygens (including phenoxy) is 1. The minimum absolute atomic E-state index is 0.0147. The second-order valence-electron chi connectivity index (χ2n) is 9.93. The van der Waals surface area contributed by atoms with E-state index >= 15 is 0 Å². The van der Waals surface area contributed by atoms with Gasteiger partial charge in [-0.05, 0) is 76.8 Å². The summed E-state index contributed by atoms with van der Waals surface area (Å²) >= 11 is 6.41. The number of Topliss-reactive ketones (excluding diaryl/α,β-unsaturated/α-hetero) is 1. The Bertz CT molecular complexity index is 1090. The predicted molar refractivity (Wildman–Crippen MR) is 128 cm³/mol. The number of carbonyl (C=O) groups excluding carboxylic acids is 2. The van der Waals surface area contributed by atoms with Crippen molar-refractivity contribution in [3.63, 3.8) is 0 Å². The Morgan fingerprint density at radius 3 is 2.33 bits per heavy atom. The molecule has 1 aliphatic rings. The van der Waals surface area contributed by atoms with E-state index in [4.69, 9.17) is 22.1 Å². The summed E-state index contributed by atoms with van der Waals surface area (Å²) in [5.74, 6) is 0.635. The molecular weight excluding hydrogens is 438 g/mol. The second kappa shape index (κ2) is 9.54. The molecule has 1 saturated heterocycles. The first-order chi connectivity index (χ1) is 15.4. The van der Waals surface area contributed by atoms with Crippen molar-refractivity contribution in [2.24, 2.45) is 11.7 Å². The minimum Gasteiger partial charge on any atom is -0.454 e. The molecule has 2 aromatic rings. The Balaban J connectivity index is 1.73. The molecule has 0 bridgehead atoms. The fraction of sp³-hybridized carbons (Fsp3) is 0.423. The molecule has 1 fully saturated rings. The lowest BCUT2D eigenvalue weighted by molar-refractivity contribution is -0.126. The number of hydrogen-bond acceptors (Lipinski definition) is 5. The highest BCUT2D eigenvalue weighted by molar-refractivity contribution is 6.32. The van der Waals surface area contributed by atoms with Gasteiger partial charge in [-0.25, -0.2) is 0 Å². The number of hydrogen-bond donors (Lipinski definition) is 1. The van der Waals surface area contributed by atoms with Gasteiger partial charge < -0.3 is 10.5 Å². The lowest BCUT2D eigenvalue weighted by Crippen LogP contribution is -2.62. The first kappa shape index (κ1) is 24.8. The number of para-hydroxylation sites is 1. The van der Waals surface area contributed by atoms with Crippen LogP contribution in [0.1, 0.15) is 62.9 Å². The van der Waals surface area contributed by atoms with Crippen molar-refractivity contribution in [1.29, 1.82) is 5.26 Å². The maximum Gasteiger partial charge on any atom is 0.231 e. The first-order valence-corrected chi connectivity index (χ1v) is 11.4. The molecule has 0 saturated carbocycles. The average Bonchev–Trinajstić information content (AvgIpc) is 2.72. The van der Waals surface area contributed by atoms with Crippen molar-refractivity contribution in [2.75, 3.05) is 6.54 Å². The standard InChI is InChI=1S/C26H30ClN3O3/c1-25(2)13-17(14-26(3,4)30(25)16-24(29)32)11-21(31)18-9-10-23(20(27)12-18)33-22-8-6-5-7-19(22)15-28/h5-10,12,17H,11,13-14,16H2,1-4H3,(H2,29,32). The molecule has 1 aliphatic heterocycles. The summed E-state index contributed by atoms with van der Waals surface area (Å²) < 4.78 is 5.80. The van der Waals surface area contributed by atoms with E-state index < -0.39 is 0 Å². The molecule has 0 aromatic heterocycles. The molecule has 0 unspecified atom stereocenters. The first-order valence-electron chi connectivity index (χ1n) is 11.0. The molecule has 1 heterocycles. The zero-order valence-corrected chi connectivity index (χ0v) is 20.3. The van der Waals surface area contributed by atoms with E-state index in [-0.39, 0.29) is 35.2 Å². The molecule has 3 rings (SSSR count). The van der Waals surface area contributed by atoms with Crippen LogP contribution in [-0.2, 0) is 4.79 Å². The van der Waals surface area contributed by atoms with E-state index in [1.54, 1.807) is 42.5 Å². The Morgan fingerprint density at radius 2 is 1.76 bits per heavy atom. The number of carbonyl (C=O) groups is 2. The van der Waals surface area contributed by atoms with Gasteiger partial charge in [0.05, 0.1) is 17.1 Å². The maximum absolute atomic E-state index is 13.1. The highest BCUT2D eigenvalue weighted by atomic mass is 35.5. The monoisotopic (exact) mass is 467 g/mol. The summed E-state index contributed by atoms with van der Waals surface area (Å²) in [4.78, 5) is 26.8. The number of likely N-dealkylation sites (tertiary alicyclic amines) is 1. The molecule has 1 amide bonds. The van der Waals surface area contributed by atoms with Crippen LogP contribution in [-0.4, -0.2) is 34.2 Å². The van der Waals surface area contributed by atoms with Crippen LogP contribution >= 0.6 is 11.6 Å². The van der Waals surface area contributed by atoms with Crippen LogP contribution in [0.5, 0.6) is 11.5 Å². The van der Waals surface area contributed by atoms with Gasteiger partial charge in [-0.15, -0.1) is 0 Å². The van der Waals surface area contributed by atoms with Crippen LogP contribution in [0.3, 0.4) is 0 Å². The summed E-state index contributed by atoms with van der Waals surface area (Å²) in [6.45, 7) is 8.58. The van der Waals surface area contributed by atoms with Crippen LogP contribution < -0.4 is 10.5 Å². The SMILES string of the molecule is CC1(C)CC(CC(=O)c2ccc(Oc3ccccc3C#N)c(Cl)c2)CC(C)(C)N1CC(N)=O. The van der Waals surface area contributed by atoms with Crippen molar-refractivity contribution >= 4 is 23.3 Å². The van der Waals surface area contributed by atoms with Gasteiger partial charge in [-0.1, -0.05) is 23.7 Å². The molecule has 2 aromatic carbocycles. The number of benzene rings is 2. The fourth-order valence-corrected chi connectivity index (χ4v) is 5.38. The van der Waals surface area contributed by atoms with E-state index in [0.717, 1.165) is 12.8 Å². The number of primary amides is 1. The summed E-state index contributed by atoms with van der Waals surface area (Å²) in [6, 6.07) is 14.0. The van der Waals surface area contributed by atoms with Gasteiger partial charge in [0.25, 0.3) is 0 Å². The molecule has 2 N–H and O–H groups in total. The normalized spacial score (nSPS) is 17.8. The number of amides is 1. The number of halogens is 1. The Morgan fingerprint density at radius 1 is 1.12 bits per heavy atom. The fourth-order valence-electron chi connectivity index (χ4n) is 5.16. The zero-order valence-electron chi connectivity index (χ0n) is 19.5. The average molecular weight is 468 g/mol. The third-order valence-electron chi connectivity index (χ3n) is 6.31. The smallest absolute Gasteiger partial charge is 0.231 e. The van der Waals surface area contributed by atoms with Gasteiger partial charge in [-0.2, -0.15) is 5.26 Å². The third-order valence-corrected chi connectivity index (χ3v) is 6.60. The van der Waals surface area contributed by atoms with Crippen LogP contribution in [0.15, 0.2) is 42.5 Å². The van der Waals surface area contributed by atoms with Crippen molar-refractivity contribution < 1.29 is 14.3 Å². The Labute approximate surface area is 200 Å². The molecule has 0 radical (unpaired) electrons. The highest BCUT2D eigenvalue weighted by Crippen LogP contribution is 2.43. The number of nitrogens with zero attached hydrogens (tertiary/aromatic N) is 2. The molecule has 174 valence electrons. The van der Waals surface area contributed by atoms with E-state index in [2.05, 4.69) is 38.7 Å². The topological polar surface area (TPSA) is 96.4 Å². The van der Waals surface area contributed by atoms with E-state index in [9.17, 15) is 14.9 Å². The van der Waals surface area contributed by atoms with Gasteiger partial charge in [0.2, 0.25) is 5.91 Å². The molecule has 0 atom stereocenters. The van der Waals surface area contributed by atoms with Gasteiger partial charge >= 0.3 is 0 Å². The van der Waals surface area contributed by atoms with E-state index in [1.807, 2.05) is 0 Å². The van der Waals surface area contributed by atoms with Gasteiger partial charge in [-0.3, -0.25) is 14.5 Å². The Hall–Kier alpha value is -2.88. The molecular formula is C26H30ClN3O3. The number of rotatable bonds is 7.